The van der Waals surface area contributed by atoms with Crippen LogP contribution in [0.2, 0.25) is 0 Å². The molecule has 8 nitrogen and oxygen atoms in total. The van der Waals surface area contributed by atoms with E-state index in [1.54, 1.807) is 28.8 Å². The quantitative estimate of drug-likeness (QED) is 0.268. The van der Waals surface area contributed by atoms with Crippen LogP contribution in [0.25, 0.3) is 10.9 Å². The number of aromatic nitrogens is 2. The molecule has 9 heteroatoms. The molecule has 3 amide bonds. The molecule has 0 aliphatic rings. The lowest BCUT2D eigenvalue weighted by Crippen LogP contribution is -2.36. The molecule has 0 aliphatic carbocycles. The summed E-state index contributed by atoms with van der Waals surface area (Å²) in [7, 11) is 0. The lowest BCUT2D eigenvalue weighted by Gasteiger charge is -2.14. The first kappa shape index (κ1) is 25.5. The number of fused-ring (bicyclic) bond motifs is 1. The van der Waals surface area contributed by atoms with Gasteiger partial charge in [-0.3, -0.25) is 19.5 Å². The summed E-state index contributed by atoms with van der Waals surface area (Å²) < 4.78 is 7.16. The van der Waals surface area contributed by atoms with Crippen LogP contribution >= 0.6 is 11.8 Å². The van der Waals surface area contributed by atoms with E-state index in [0.717, 1.165) is 22.9 Å². The predicted molar refractivity (Wildman–Crippen MR) is 136 cm³/mol. The Bertz CT molecular complexity index is 1240. The summed E-state index contributed by atoms with van der Waals surface area (Å²) in [5, 5.41) is 5.99. The van der Waals surface area contributed by atoms with Gasteiger partial charge in [-0.15, -0.1) is 0 Å². The highest BCUT2D eigenvalue weighted by molar-refractivity contribution is 7.99. The molecule has 0 spiro atoms. The summed E-state index contributed by atoms with van der Waals surface area (Å²) in [5.74, 6) is -0.544. The van der Waals surface area contributed by atoms with Gasteiger partial charge in [0, 0.05) is 18.8 Å². The van der Waals surface area contributed by atoms with Gasteiger partial charge >= 0.3 is 6.03 Å². The Labute approximate surface area is 203 Å². The molecular weight excluding hydrogens is 452 g/mol. The molecule has 0 fully saturated rings. The van der Waals surface area contributed by atoms with Crippen LogP contribution in [0.4, 0.5) is 10.5 Å². The number of ether oxygens (including phenoxy) is 1. The molecule has 0 aliphatic heterocycles. The number of nitrogens with one attached hydrogen (secondary N) is 2. The summed E-state index contributed by atoms with van der Waals surface area (Å²) >= 11 is 1.12. The van der Waals surface area contributed by atoms with Gasteiger partial charge in [-0.2, -0.15) is 0 Å². The summed E-state index contributed by atoms with van der Waals surface area (Å²) in [6.45, 7) is 8.70. The smallest absolute Gasteiger partial charge is 0.325 e. The summed E-state index contributed by atoms with van der Waals surface area (Å²) in [5.41, 5.74) is 3.03. The fourth-order valence-corrected chi connectivity index (χ4v) is 4.15. The minimum absolute atomic E-state index is 0.0620. The largest absolute Gasteiger partial charge is 0.379 e. The monoisotopic (exact) mass is 482 g/mol. The first-order valence-electron chi connectivity index (χ1n) is 11.2. The third-order valence-corrected chi connectivity index (χ3v) is 6.22. The average molecular weight is 483 g/mol. The Morgan fingerprint density at radius 3 is 2.65 bits per heavy atom. The minimum atomic E-state index is -0.603. The molecule has 3 aromatic rings. The highest BCUT2D eigenvalue weighted by atomic mass is 32.2. The molecule has 0 saturated carbocycles. The number of nitrogens with zero attached hydrogens (tertiary/aromatic N) is 2. The number of imide groups is 1. The number of carbonyl (C=O) groups is 2. The standard InChI is InChI=1S/C25H30N4O4S/c1-16(2)33-14-8-13-29-23(31)19-10-5-6-11-21(19)27-25(29)34-15-22(30)28-24(32)26-20-12-7-9-17(3)18(20)4/h5-7,9-12,16H,8,13-15H2,1-4H3,(H2,26,28,30,32). The normalized spacial score (nSPS) is 11.1. The molecule has 0 atom stereocenters. The second kappa shape index (κ2) is 11.8. The van der Waals surface area contributed by atoms with Gasteiger partial charge in [0.05, 0.1) is 22.8 Å². The minimum Gasteiger partial charge on any atom is -0.379 e. The molecule has 3 rings (SSSR count). The van der Waals surface area contributed by atoms with Crippen LogP contribution in [0.15, 0.2) is 52.4 Å². The van der Waals surface area contributed by atoms with E-state index >= 15 is 0 Å². The molecule has 180 valence electrons. The van der Waals surface area contributed by atoms with Crippen molar-refractivity contribution in [2.75, 3.05) is 17.7 Å². The number of carbonyl (C=O) groups excluding carboxylic acids is 2. The number of hydrogen-bond donors (Lipinski definition) is 2. The number of anilines is 1. The Morgan fingerprint density at radius 2 is 1.88 bits per heavy atom. The van der Waals surface area contributed by atoms with Gasteiger partial charge < -0.3 is 10.1 Å². The van der Waals surface area contributed by atoms with Crippen LogP contribution in [-0.2, 0) is 16.1 Å². The van der Waals surface area contributed by atoms with E-state index in [0.29, 0.717) is 41.3 Å². The average Bonchev–Trinajstić information content (AvgIpc) is 2.79. The van der Waals surface area contributed by atoms with Crippen LogP contribution in [0.5, 0.6) is 0 Å². The molecule has 1 aromatic heterocycles. The van der Waals surface area contributed by atoms with Crippen LogP contribution in [0.1, 0.15) is 31.4 Å². The number of amides is 3. The van der Waals surface area contributed by atoms with Crippen molar-refractivity contribution < 1.29 is 14.3 Å². The fraction of sp³-hybridized carbons (Fsp3) is 0.360. The Hall–Kier alpha value is -3.17. The first-order valence-corrected chi connectivity index (χ1v) is 12.2. The van der Waals surface area contributed by atoms with Gasteiger partial charge in [-0.25, -0.2) is 9.78 Å². The van der Waals surface area contributed by atoms with Gasteiger partial charge in [0.25, 0.3) is 5.56 Å². The number of rotatable bonds is 9. The maximum atomic E-state index is 13.1. The van der Waals surface area contributed by atoms with Crippen molar-refractivity contribution in [1.29, 1.82) is 0 Å². The van der Waals surface area contributed by atoms with E-state index in [1.165, 1.54) is 0 Å². The molecule has 1 heterocycles. The van der Waals surface area contributed by atoms with E-state index in [-0.39, 0.29) is 17.4 Å². The lowest BCUT2D eigenvalue weighted by atomic mass is 10.1. The summed E-state index contributed by atoms with van der Waals surface area (Å²) in [6.07, 6.45) is 0.745. The zero-order valence-electron chi connectivity index (χ0n) is 19.9. The van der Waals surface area contributed by atoms with Crippen molar-refractivity contribution in [2.24, 2.45) is 0 Å². The highest BCUT2D eigenvalue weighted by Crippen LogP contribution is 2.19. The third kappa shape index (κ3) is 6.68. The predicted octanol–water partition coefficient (Wildman–Crippen LogP) is 4.27. The van der Waals surface area contributed by atoms with E-state index in [2.05, 4.69) is 15.6 Å². The molecule has 0 saturated heterocycles. The highest BCUT2D eigenvalue weighted by Gasteiger charge is 2.15. The molecule has 0 bridgehead atoms. The number of hydrogen-bond acceptors (Lipinski definition) is 6. The molecule has 2 N–H and O–H groups in total. The van der Waals surface area contributed by atoms with E-state index in [4.69, 9.17) is 4.74 Å². The molecule has 0 radical (unpaired) electrons. The van der Waals surface area contributed by atoms with Crippen LogP contribution < -0.4 is 16.2 Å². The fourth-order valence-electron chi connectivity index (χ4n) is 3.33. The van der Waals surface area contributed by atoms with Gasteiger partial charge in [0.1, 0.15) is 0 Å². The van der Waals surface area contributed by atoms with Crippen LogP contribution in [0, 0.1) is 13.8 Å². The van der Waals surface area contributed by atoms with Crippen LogP contribution in [0.3, 0.4) is 0 Å². The summed E-state index contributed by atoms with van der Waals surface area (Å²) in [4.78, 5) is 42.4. The molecule has 34 heavy (non-hydrogen) atoms. The van der Waals surface area contributed by atoms with Gasteiger partial charge in [-0.05, 0) is 63.4 Å². The topological polar surface area (TPSA) is 102 Å². The maximum Gasteiger partial charge on any atom is 0.325 e. The number of benzene rings is 2. The Morgan fingerprint density at radius 1 is 1.12 bits per heavy atom. The third-order valence-electron chi connectivity index (χ3n) is 5.24. The van der Waals surface area contributed by atoms with E-state index in [9.17, 15) is 14.4 Å². The van der Waals surface area contributed by atoms with Crippen LogP contribution in [-0.4, -0.2) is 40.0 Å². The number of para-hydroxylation sites is 1. The second-order valence-electron chi connectivity index (χ2n) is 8.18. The Balaban J connectivity index is 1.68. The zero-order valence-corrected chi connectivity index (χ0v) is 20.7. The van der Waals surface area contributed by atoms with Gasteiger partial charge in [0.2, 0.25) is 5.91 Å². The van der Waals surface area contributed by atoms with Gasteiger partial charge in [-0.1, -0.05) is 36.0 Å². The maximum absolute atomic E-state index is 13.1. The van der Waals surface area contributed by atoms with Crippen molar-refractivity contribution in [3.63, 3.8) is 0 Å². The Kier molecular flexibility index (Phi) is 8.84. The summed E-state index contributed by atoms with van der Waals surface area (Å²) in [6, 6.07) is 12.1. The van der Waals surface area contributed by atoms with Crippen molar-refractivity contribution in [3.05, 3.63) is 63.9 Å². The van der Waals surface area contributed by atoms with Crippen molar-refractivity contribution in [1.82, 2.24) is 14.9 Å². The number of thioether (sulfide) groups is 1. The van der Waals surface area contributed by atoms with Crippen molar-refractivity contribution >= 4 is 40.3 Å². The van der Waals surface area contributed by atoms with Crippen molar-refractivity contribution in [3.8, 4) is 0 Å². The van der Waals surface area contributed by atoms with Crippen molar-refractivity contribution in [2.45, 2.75) is 51.9 Å². The van der Waals surface area contributed by atoms with Gasteiger partial charge in [0.15, 0.2) is 5.16 Å². The molecule has 0 unspecified atom stereocenters. The number of aryl methyl sites for hydroxylation is 1. The second-order valence-corrected chi connectivity index (χ2v) is 9.12. The molecular formula is C25H30N4O4S. The number of urea groups is 1. The van der Waals surface area contributed by atoms with E-state index < -0.39 is 11.9 Å². The lowest BCUT2D eigenvalue weighted by molar-refractivity contribution is -0.117. The first-order chi connectivity index (χ1) is 16.3. The SMILES string of the molecule is Cc1cccc(NC(=O)NC(=O)CSc2nc3ccccc3c(=O)n2CCCOC(C)C)c1C. The van der Waals surface area contributed by atoms with E-state index in [1.807, 2.05) is 45.9 Å². The molecule has 2 aromatic carbocycles. The zero-order chi connectivity index (χ0) is 24.7.